The molecule has 2 aliphatic heterocycles. The van der Waals surface area contributed by atoms with Crippen molar-refractivity contribution < 1.29 is 40.3 Å². The van der Waals surface area contributed by atoms with E-state index < -0.39 is 51.6 Å². The second-order valence-corrected chi connectivity index (χ2v) is 12.7. The fourth-order valence-corrected chi connectivity index (χ4v) is 6.15. The van der Waals surface area contributed by atoms with E-state index in [-0.39, 0.29) is 41.5 Å². The zero-order valence-corrected chi connectivity index (χ0v) is 21.7. The summed E-state index contributed by atoms with van der Waals surface area (Å²) in [5.74, 6) is -5.33. The quantitative estimate of drug-likeness (QED) is 0.516. The molecule has 1 aromatic carbocycles. The number of aromatic nitrogens is 1. The number of halogens is 4. The molecule has 0 spiro atoms. The molecule has 1 N–H and O–H groups in total. The van der Waals surface area contributed by atoms with Crippen LogP contribution in [0.4, 0.5) is 29.1 Å². The molecule has 0 radical (unpaired) electrons. The SMILES string of the molecule is CC1(NC(=O)c2ccc3c(c2)C(C)(C)C(=O)N3c2cc(OCC(F)(F)C(F)F)ccn2)CCS(=O)(=O)CC1. The van der Waals surface area contributed by atoms with Crippen LogP contribution in [0.1, 0.15) is 49.5 Å². The molecular weight excluding hydrogens is 530 g/mol. The van der Waals surface area contributed by atoms with E-state index in [1.165, 1.54) is 29.3 Å². The molecule has 0 bridgehead atoms. The average Bonchev–Trinajstić information content (AvgIpc) is 3.05. The van der Waals surface area contributed by atoms with Gasteiger partial charge in [-0.2, -0.15) is 8.78 Å². The number of anilines is 2. The summed E-state index contributed by atoms with van der Waals surface area (Å²) in [6.45, 7) is 3.56. The van der Waals surface area contributed by atoms with Gasteiger partial charge in [0.15, 0.2) is 6.61 Å². The van der Waals surface area contributed by atoms with Crippen LogP contribution in [0.3, 0.4) is 0 Å². The van der Waals surface area contributed by atoms with Crippen molar-refractivity contribution in [2.24, 2.45) is 0 Å². The number of nitrogens with one attached hydrogen (secondary N) is 1. The molecule has 0 saturated carbocycles. The second kappa shape index (κ2) is 9.51. The molecule has 13 heteroatoms. The number of rotatable bonds is 7. The lowest BCUT2D eigenvalue weighted by Crippen LogP contribution is -2.50. The zero-order valence-electron chi connectivity index (χ0n) is 20.9. The lowest BCUT2D eigenvalue weighted by atomic mass is 9.85. The fourth-order valence-electron chi connectivity index (χ4n) is 4.42. The maximum Gasteiger partial charge on any atom is 0.340 e. The van der Waals surface area contributed by atoms with Crippen LogP contribution in [0, 0.1) is 0 Å². The predicted molar refractivity (Wildman–Crippen MR) is 131 cm³/mol. The number of hydrogen-bond acceptors (Lipinski definition) is 6. The van der Waals surface area contributed by atoms with Crippen LogP contribution in [-0.4, -0.2) is 61.2 Å². The Morgan fingerprint density at radius 1 is 1.16 bits per heavy atom. The van der Waals surface area contributed by atoms with Gasteiger partial charge >= 0.3 is 12.3 Å². The Bertz CT molecular complexity index is 1370. The van der Waals surface area contributed by atoms with Crippen molar-refractivity contribution in [2.45, 2.75) is 56.9 Å². The van der Waals surface area contributed by atoms with Crippen LogP contribution >= 0.6 is 0 Å². The van der Waals surface area contributed by atoms with Gasteiger partial charge in [-0.3, -0.25) is 14.5 Å². The molecule has 3 heterocycles. The number of amides is 2. The molecule has 0 atom stereocenters. The van der Waals surface area contributed by atoms with Crippen molar-refractivity contribution in [2.75, 3.05) is 23.0 Å². The maximum atomic E-state index is 13.4. The van der Waals surface area contributed by atoms with Crippen LogP contribution in [0.2, 0.25) is 0 Å². The summed E-state index contributed by atoms with van der Waals surface area (Å²) in [6, 6.07) is 7.06. The molecule has 4 rings (SSSR count). The third-order valence-electron chi connectivity index (χ3n) is 6.95. The Balaban J connectivity index is 1.59. The maximum absolute atomic E-state index is 13.4. The lowest BCUT2D eigenvalue weighted by Gasteiger charge is -2.34. The van der Waals surface area contributed by atoms with Crippen LogP contribution in [0.5, 0.6) is 5.75 Å². The fraction of sp³-hybridized carbons (Fsp3) is 0.480. The summed E-state index contributed by atoms with van der Waals surface area (Å²) in [5.41, 5.74) is -0.571. The van der Waals surface area contributed by atoms with E-state index in [9.17, 15) is 35.6 Å². The molecule has 2 amide bonds. The molecule has 38 heavy (non-hydrogen) atoms. The van der Waals surface area contributed by atoms with E-state index in [4.69, 9.17) is 4.74 Å². The zero-order chi connectivity index (χ0) is 28.1. The molecule has 2 aromatic rings. The number of ether oxygens (including phenoxy) is 1. The van der Waals surface area contributed by atoms with Crippen LogP contribution in [-0.2, 0) is 20.0 Å². The molecule has 206 valence electrons. The Kier molecular flexibility index (Phi) is 6.96. The molecule has 1 aromatic heterocycles. The summed E-state index contributed by atoms with van der Waals surface area (Å²) in [7, 11) is -3.11. The summed E-state index contributed by atoms with van der Waals surface area (Å²) in [5, 5.41) is 2.92. The van der Waals surface area contributed by atoms with Gasteiger partial charge in [-0.05, 0) is 63.4 Å². The first-order valence-electron chi connectivity index (χ1n) is 11.8. The molecule has 1 fully saturated rings. The minimum Gasteiger partial charge on any atom is -0.487 e. The van der Waals surface area contributed by atoms with Gasteiger partial charge in [0.25, 0.3) is 5.91 Å². The van der Waals surface area contributed by atoms with Crippen molar-refractivity contribution in [1.29, 1.82) is 0 Å². The number of carbonyl (C=O) groups excluding carboxylic acids is 2. The molecule has 1 saturated heterocycles. The molecule has 0 unspecified atom stereocenters. The number of sulfone groups is 1. The van der Waals surface area contributed by atoms with Gasteiger partial charge in [0.1, 0.15) is 21.4 Å². The number of hydrogen-bond donors (Lipinski definition) is 1. The summed E-state index contributed by atoms with van der Waals surface area (Å²) in [6.07, 6.45) is -2.11. The topological polar surface area (TPSA) is 106 Å². The van der Waals surface area contributed by atoms with Gasteiger partial charge in [-0.1, -0.05) is 0 Å². The van der Waals surface area contributed by atoms with Crippen LogP contribution < -0.4 is 15.0 Å². The Labute approximate surface area is 217 Å². The number of nitrogens with zero attached hydrogens (tertiary/aromatic N) is 2. The second-order valence-electron chi connectivity index (χ2n) is 10.4. The van der Waals surface area contributed by atoms with Gasteiger partial charge in [-0.15, -0.1) is 0 Å². The lowest BCUT2D eigenvalue weighted by molar-refractivity contribution is -0.148. The monoisotopic (exact) mass is 557 g/mol. The van der Waals surface area contributed by atoms with Crippen molar-refractivity contribution >= 4 is 33.2 Å². The number of carbonyl (C=O) groups is 2. The first-order chi connectivity index (χ1) is 17.5. The smallest absolute Gasteiger partial charge is 0.340 e. The minimum absolute atomic E-state index is 0.0139. The van der Waals surface area contributed by atoms with Crippen molar-refractivity contribution in [3.63, 3.8) is 0 Å². The third kappa shape index (κ3) is 5.33. The number of pyridine rings is 1. The summed E-state index contributed by atoms with van der Waals surface area (Å²) in [4.78, 5) is 31.8. The Morgan fingerprint density at radius 2 is 1.82 bits per heavy atom. The highest BCUT2D eigenvalue weighted by molar-refractivity contribution is 7.91. The molecule has 2 aliphatic rings. The van der Waals surface area contributed by atoms with Gasteiger partial charge in [0.2, 0.25) is 5.91 Å². The van der Waals surface area contributed by atoms with Crippen molar-refractivity contribution in [3.05, 3.63) is 47.7 Å². The largest absolute Gasteiger partial charge is 0.487 e. The highest BCUT2D eigenvalue weighted by Gasteiger charge is 2.46. The average molecular weight is 558 g/mol. The first-order valence-corrected chi connectivity index (χ1v) is 13.6. The van der Waals surface area contributed by atoms with Gasteiger partial charge in [0, 0.05) is 23.4 Å². The normalized spacial score (nSPS) is 19.8. The van der Waals surface area contributed by atoms with Crippen LogP contribution in [0.25, 0.3) is 0 Å². The highest BCUT2D eigenvalue weighted by atomic mass is 32.2. The highest BCUT2D eigenvalue weighted by Crippen LogP contribution is 2.45. The molecule has 0 aliphatic carbocycles. The van der Waals surface area contributed by atoms with Crippen LogP contribution in [0.15, 0.2) is 36.5 Å². The number of benzene rings is 1. The Morgan fingerprint density at radius 3 is 2.45 bits per heavy atom. The van der Waals surface area contributed by atoms with E-state index >= 15 is 0 Å². The predicted octanol–water partition coefficient (Wildman–Crippen LogP) is 4.01. The minimum atomic E-state index is -4.35. The first kappa shape index (κ1) is 27.8. The van der Waals surface area contributed by atoms with E-state index in [0.29, 0.717) is 11.3 Å². The molecular formula is C25H27F4N3O5S. The van der Waals surface area contributed by atoms with Gasteiger partial charge < -0.3 is 10.1 Å². The number of fused-ring (bicyclic) bond motifs is 1. The van der Waals surface area contributed by atoms with Crippen molar-refractivity contribution in [1.82, 2.24) is 10.3 Å². The van der Waals surface area contributed by atoms with Crippen molar-refractivity contribution in [3.8, 4) is 5.75 Å². The summed E-state index contributed by atoms with van der Waals surface area (Å²) >= 11 is 0. The third-order valence-corrected chi connectivity index (χ3v) is 8.60. The van der Waals surface area contributed by atoms with E-state index in [1.807, 2.05) is 0 Å². The summed E-state index contributed by atoms with van der Waals surface area (Å²) < 4.78 is 79.9. The van der Waals surface area contributed by atoms with Gasteiger partial charge in [-0.25, -0.2) is 22.2 Å². The Hall–Kier alpha value is -3.22. The van der Waals surface area contributed by atoms with Gasteiger partial charge in [0.05, 0.1) is 22.6 Å². The van der Waals surface area contributed by atoms with E-state index in [0.717, 1.165) is 0 Å². The standard InChI is InChI=1S/C25H27F4N3O5S/c1-23(2)17-12-15(20(33)31-24(3)7-10-38(35,36)11-8-24)4-5-18(17)32(22(23)34)19-13-16(6-9-30-19)37-14-25(28,29)21(26)27/h4-6,9,12-13,21H,7-8,10-11,14H2,1-3H3,(H,31,33). The molecule has 8 nitrogen and oxygen atoms in total. The number of alkyl halides is 4. The van der Waals surface area contributed by atoms with E-state index in [2.05, 4.69) is 10.3 Å². The van der Waals surface area contributed by atoms with E-state index in [1.54, 1.807) is 32.9 Å².